The van der Waals surface area contributed by atoms with E-state index in [1.54, 1.807) is 0 Å². The molecule has 1 N–H and O–H groups in total. The van der Waals surface area contributed by atoms with Gasteiger partial charge in [0, 0.05) is 34.7 Å². The van der Waals surface area contributed by atoms with Gasteiger partial charge in [0.15, 0.2) is 0 Å². The molecule has 1 atom stereocenters. The van der Waals surface area contributed by atoms with Crippen LogP contribution in [0.15, 0.2) is 16.6 Å². The van der Waals surface area contributed by atoms with E-state index in [0.717, 1.165) is 26.8 Å². The summed E-state index contributed by atoms with van der Waals surface area (Å²) in [6.07, 6.45) is 4.02. The average Bonchev–Trinajstić information content (AvgIpc) is 3.07. The highest BCUT2D eigenvalue weighted by atomic mass is 79.9. The summed E-state index contributed by atoms with van der Waals surface area (Å²) in [7, 11) is 0. The topological polar surface area (TPSA) is 15.3 Å². The molecule has 0 spiro atoms. The van der Waals surface area contributed by atoms with Crippen molar-refractivity contribution in [3.63, 3.8) is 0 Å². The highest BCUT2D eigenvalue weighted by molar-refractivity contribution is 9.10. The van der Waals surface area contributed by atoms with Crippen molar-refractivity contribution in [1.82, 2.24) is 4.90 Å². The summed E-state index contributed by atoms with van der Waals surface area (Å²) in [4.78, 5) is 2.61. The lowest BCUT2D eigenvalue weighted by Crippen LogP contribution is -2.27. The highest BCUT2D eigenvalue weighted by Gasteiger charge is 2.34. The summed E-state index contributed by atoms with van der Waals surface area (Å²) in [6, 6.07) is 5.54. The highest BCUT2D eigenvalue weighted by Crippen LogP contribution is 2.33. The molecule has 98 valence electrons. The van der Waals surface area contributed by atoms with Gasteiger partial charge in [-0.2, -0.15) is 0 Å². The fraction of sp³-hybridized carbons (Fsp3) is 0.571. The van der Waals surface area contributed by atoms with Crippen LogP contribution in [-0.4, -0.2) is 30.1 Å². The molecule has 2 aliphatic rings. The molecule has 1 aromatic rings. The van der Waals surface area contributed by atoms with Gasteiger partial charge in [-0.25, -0.2) is 0 Å². The molecule has 0 bridgehead atoms. The molecule has 3 rings (SSSR count). The normalized spacial score (nSPS) is 24.5. The molecule has 1 aliphatic carbocycles. The van der Waals surface area contributed by atoms with E-state index in [4.69, 9.17) is 11.6 Å². The van der Waals surface area contributed by atoms with Gasteiger partial charge < -0.3 is 5.32 Å². The molecule has 1 unspecified atom stereocenters. The van der Waals surface area contributed by atoms with Crippen LogP contribution in [0.4, 0.5) is 5.69 Å². The number of nitrogens with zero attached hydrogens (tertiary/aromatic N) is 1. The molecule has 1 saturated heterocycles. The van der Waals surface area contributed by atoms with Crippen molar-refractivity contribution in [1.29, 1.82) is 0 Å². The Morgan fingerprint density at radius 2 is 2.11 bits per heavy atom. The van der Waals surface area contributed by atoms with Crippen LogP contribution in [0.1, 0.15) is 24.8 Å². The van der Waals surface area contributed by atoms with E-state index in [-0.39, 0.29) is 0 Å². The van der Waals surface area contributed by atoms with Crippen molar-refractivity contribution >= 4 is 33.2 Å². The maximum atomic E-state index is 6.19. The first-order valence-corrected chi connectivity index (χ1v) is 7.77. The van der Waals surface area contributed by atoms with E-state index in [2.05, 4.69) is 32.2 Å². The number of nitrogens with one attached hydrogen (secondary N) is 1. The molecule has 0 aromatic heterocycles. The van der Waals surface area contributed by atoms with Crippen LogP contribution in [0.5, 0.6) is 0 Å². The molecule has 1 aliphatic heterocycles. The minimum atomic E-state index is 0.556. The molecule has 2 fully saturated rings. The van der Waals surface area contributed by atoms with Gasteiger partial charge in [0.25, 0.3) is 0 Å². The SMILES string of the molecule is Cc1cc(Br)c(NC2CCN(C3CC3)C2)cc1Cl. The van der Waals surface area contributed by atoms with Gasteiger partial charge in [0.05, 0.1) is 5.69 Å². The van der Waals surface area contributed by atoms with Gasteiger partial charge in [-0.3, -0.25) is 4.90 Å². The maximum absolute atomic E-state index is 6.19. The lowest BCUT2D eigenvalue weighted by Gasteiger charge is -2.18. The quantitative estimate of drug-likeness (QED) is 0.899. The van der Waals surface area contributed by atoms with Gasteiger partial charge in [0.2, 0.25) is 0 Å². The monoisotopic (exact) mass is 328 g/mol. The largest absolute Gasteiger partial charge is 0.380 e. The van der Waals surface area contributed by atoms with E-state index in [9.17, 15) is 0 Å². The Hall–Kier alpha value is -0.250. The Morgan fingerprint density at radius 3 is 2.83 bits per heavy atom. The molecular weight excluding hydrogens is 312 g/mol. The van der Waals surface area contributed by atoms with Crippen molar-refractivity contribution in [3.05, 3.63) is 27.2 Å². The van der Waals surface area contributed by atoms with Crippen molar-refractivity contribution in [2.75, 3.05) is 18.4 Å². The number of halogens is 2. The van der Waals surface area contributed by atoms with Gasteiger partial charge in [-0.05, 0) is 59.8 Å². The summed E-state index contributed by atoms with van der Waals surface area (Å²) in [5.41, 5.74) is 2.23. The number of anilines is 1. The van der Waals surface area contributed by atoms with Crippen molar-refractivity contribution in [3.8, 4) is 0 Å². The maximum Gasteiger partial charge on any atom is 0.0502 e. The summed E-state index contributed by atoms with van der Waals surface area (Å²) in [5, 5.41) is 4.45. The Labute approximate surface area is 122 Å². The van der Waals surface area contributed by atoms with Crippen LogP contribution in [-0.2, 0) is 0 Å². The van der Waals surface area contributed by atoms with Crippen molar-refractivity contribution in [2.45, 2.75) is 38.3 Å². The third kappa shape index (κ3) is 2.68. The van der Waals surface area contributed by atoms with Crippen LogP contribution in [0, 0.1) is 6.92 Å². The number of benzene rings is 1. The number of aryl methyl sites for hydroxylation is 1. The Balaban J connectivity index is 1.67. The van der Waals surface area contributed by atoms with Crippen LogP contribution in [0.25, 0.3) is 0 Å². The summed E-state index contributed by atoms with van der Waals surface area (Å²) >= 11 is 9.80. The van der Waals surface area contributed by atoms with Crippen LogP contribution >= 0.6 is 27.5 Å². The molecule has 1 aromatic carbocycles. The smallest absolute Gasteiger partial charge is 0.0502 e. The molecular formula is C14H18BrClN2. The second kappa shape index (κ2) is 5.03. The zero-order valence-electron chi connectivity index (χ0n) is 10.5. The van der Waals surface area contributed by atoms with Gasteiger partial charge >= 0.3 is 0 Å². The van der Waals surface area contributed by atoms with Crippen LogP contribution in [0.3, 0.4) is 0 Å². The Kier molecular flexibility index (Phi) is 3.57. The lowest BCUT2D eigenvalue weighted by atomic mass is 10.2. The fourth-order valence-electron chi connectivity index (χ4n) is 2.65. The standard InChI is InChI=1S/C14H18BrClN2/c1-9-6-12(15)14(7-13(9)16)17-10-4-5-18(8-10)11-2-3-11/h6-7,10-11,17H,2-5,8H2,1H3. The van der Waals surface area contributed by atoms with E-state index in [0.29, 0.717) is 6.04 Å². The van der Waals surface area contributed by atoms with E-state index >= 15 is 0 Å². The fourth-order valence-corrected chi connectivity index (χ4v) is 3.39. The predicted octanol–water partition coefficient (Wildman–Crippen LogP) is 4.06. The summed E-state index contributed by atoms with van der Waals surface area (Å²) in [5.74, 6) is 0. The minimum Gasteiger partial charge on any atom is -0.380 e. The molecule has 18 heavy (non-hydrogen) atoms. The summed E-state index contributed by atoms with van der Waals surface area (Å²) < 4.78 is 1.11. The first-order chi connectivity index (χ1) is 8.63. The van der Waals surface area contributed by atoms with E-state index < -0.39 is 0 Å². The van der Waals surface area contributed by atoms with Crippen molar-refractivity contribution < 1.29 is 0 Å². The number of rotatable bonds is 3. The van der Waals surface area contributed by atoms with Crippen LogP contribution < -0.4 is 5.32 Å². The molecule has 0 radical (unpaired) electrons. The third-order valence-electron chi connectivity index (χ3n) is 3.89. The Bertz CT molecular complexity index is 459. The van der Waals surface area contributed by atoms with E-state index in [1.165, 1.54) is 32.4 Å². The zero-order valence-corrected chi connectivity index (χ0v) is 12.9. The zero-order chi connectivity index (χ0) is 12.7. The van der Waals surface area contributed by atoms with E-state index in [1.807, 2.05) is 13.0 Å². The van der Waals surface area contributed by atoms with Crippen molar-refractivity contribution in [2.24, 2.45) is 0 Å². The third-order valence-corrected chi connectivity index (χ3v) is 4.95. The minimum absolute atomic E-state index is 0.556. The molecule has 1 saturated carbocycles. The second-order valence-electron chi connectivity index (χ2n) is 5.44. The predicted molar refractivity (Wildman–Crippen MR) is 80.5 cm³/mol. The first kappa shape index (κ1) is 12.8. The van der Waals surface area contributed by atoms with Gasteiger partial charge in [-0.1, -0.05) is 11.6 Å². The van der Waals surface area contributed by atoms with Gasteiger partial charge in [-0.15, -0.1) is 0 Å². The molecule has 4 heteroatoms. The number of likely N-dealkylation sites (tertiary alicyclic amines) is 1. The molecule has 1 heterocycles. The number of hydrogen-bond donors (Lipinski definition) is 1. The molecule has 0 amide bonds. The Morgan fingerprint density at radius 1 is 1.33 bits per heavy atom. The molecule has 2 nitrogen and oxygen atoms in total. The average molecular weight is 330 g/mol. The van der Waals surface area contributed by atoms with Gasteiger partial charge in [0.1, 0.15) is 0 Å². The number of hydrogen-bond acceptors (Lipinski definition) is 2. The lowest BCUT2D eigenvalue weighted by molar-refractivity contribution is 0.326. The van der Waals surface area contributed by atoms with Crippen LogP contribution in [0.2, 0.25) is 5.02 Å². The first-order valence-electron chi connectivity index (χ1n) is 6.59. The summed E-state index contributed by atoms with van der Waals surface area (Å²) in [6.45, 7) is 4.43. The second-order valence-corrected chi connectivity index (χ2v) is 6.70.